The van der Waals surface area contributed by atoms with Crippen LogP contribution >= 0.6 is 0 Å². The van der Waals surface area contributed by atoms with Crippen molar-refractivity contribution < 1.29 is 0 Å². The number of fused-ring (bicyclic) bond motifs is 2. The fourth-order valence-electron chi connectivity index (χ4n) is 5.88. The van der Waals surface area contributed by atoms with Crippen molar-refractivity contribution in [2.45, 2.75) is 32.6 Å². The molecule has 5 aromatic rings. The third kappa shape index (κ3) is 4.34. The van der Waals surface area contributed by atoms with Crippen molar-refractivity contribution in [1.29, 1.82) is 0 Å². The van der Waals surface area contributed by atoms with Crippen molar-refractivity contribution >= 4 is 22.9 Å². The van der Waals surface area contributed by atoms with E-state index in [0.717, 1.165) is 25.7 Å². The van der Waals surface area contributed by atoms with Crippen LogP contribution in [0.3, 0.4) is 0 Å². The Morgan fingerprint density at radius 1 is 0.757 bits per heavy atom. The molecule has 0 heteroatoms. The second kappa shape index (κ2) is 10.1. The summed E-state index contributed by atoms with van der Waals surface area (Å²) in [5.74, 6) is 0. The Kier molecular flexibility index (Phi) is 6.33. The predicted molar refractivity (Wildman–Crippen MR) is 162 cm³/mol. The van der Waals surface area contributed by atoms with E-state index in [9.17, 15) is 0 Å². The lowest BCUT2D eigenvalue weighted by Crippen LogP contribution is -1.98. The van der Waals surface area contributed by atoms with Gasteiger partial charge in [0.15, 0.2) is 0 Å². The Labute approximate surface area is 220 Å². The zero-order valence-electron chi connectivity index (χ0n) is 21.5. The number of rotatable bonds is 6. The van der Waals surface area contributed by atoms with Gasteiger partial charge in [-0.05, 0) is 97.8 Å². The molecule has 0 aliphatic heterocycles. The van der Waals surface area contributed by atoms with E-state index in [1.165, 1.54) is 66.4 Å². The van der Waals surface area contributed by atoms with Crippen molar-refractivity contribution in [2.75, 3.05) is 0 Å². The molecule has 0 radical (unpaired) electrons. The van der Waals surface area contributed by atoms with Crippen molar-refractivity contribution in [3.05, 3.63) is 132 Å². The van der Waals surface area contributed by atoms with E-state index in [4.69, 9.17) is 0 Å². The molecule has 5 aromatic carbocycles. The molecule has 0 fully saturated rings. The van der Waals surface area contributed by atoms with Crippen LogP contribution in [0.15, 0.2) is 110 Å². The summed E-state index contributed by atoms with van der Waals surface area (Å²) in [6.07, 6.45) is 11.1. The monoisotopic (exact) mass is 476 g/mol. The second-order valence-electron chi connectivity index (χ2n) is 9.98. The zero-order chi connectivity index (χ0) is 25.2. The Morgan fingerprint density at radius 3 is 2.30 bits per heavy atom. The van der Waals surface area contributed by atoms with Gasteiger partial charge in [0.25, 0.3) is 0 Å². The lowest BCUT2D eigenvalue weighted by molar-refractivity contribution is 0.920. The van der Waals surface area contributed by atoms with Crippen LogP contribution in [0.2, 0.25) is 0 Å². The van der Waals surface area contributed by atoms with Gasteiger partial charge in [0, 0.05) is 0 Å². The molecule has 37 heavy (non-hydrogen) atoms. The summed E-state index contributed by atoms with van der Waals surface area (Å²) >= 11 is 0. The summed E-state index contributed by atoms with van der Waals surface area (Å²) in [4.78, 5) is 0. The van der Waals surface area contributed by atoms with Crippen LogP contribution in [-0.2, 0) is 12.8 Å². The molecular formula is C37H32. The highest BCUT2D eigenvalue weighted by Gasteiger charge is 2.16. The third-order valence-electron chi connectivity index (χ3n) is 7.62. The molecule has 0 unspecified atom stereocenters. The number of hydrogen-bond donors (Lipinski definition) is 0. The molecule has 0 nitrogen and oxygen atoms in total. The third-order valence-corrected chi connectivity index (χ3v) is 7.62. The van der Waals surface area contributed by atoms with Gasteiger partial charge in [-0.1, -0.05) is 123 Å². The van der Waals surface area contributed by atoms with Crippen LogP contribution in [0, 0.1) is 0 Å². The average Bonchev–Trinajstić information content (AvgIpc) is 2.96. The maximum absolute atomic E-state index is 4.14. The standard InChI is InChI=1S/C37H32/c1-3-12-26-15-11-22-34(33(26)4-2)29-18-9-16-27(23-29)28-17-10-19-32(24-28)37-35-20-7-5-13-30(35)25-31-14-6-8-21-36(31)37/h4-5,7-11,13,15-25H,2-3,6,12,14H2,1H3. The van der Waals surface area contributed by atoms with Gasteiger partial charge in [-0.25, -0.2) is 0 Å². The first kappa shape index (κ1) is 23.3. The Hall–Kier alpha value is -4.16. The molecule has 0 aromatic heterocycles. The van der Waals surface area contributed by atoms with Crippen LogP contribution in [0.25, 0.3) is 56.3 Å². The first-order valence-corrected chi connectivity index (χ1v) is 13.4. The molecule has 1 aliphatic rings. The Bertz CT molecular complexity index is 1650. The second-order valence-corrected chi connectivity index (χ2v) is 9.98. The van der Waals surface area contributed by atoms with Crippen molar-refractivity contribution in [2.24, 2.45) is 0 Å². The van der Waals surface area contributed by atoms with Crippen LogP contribution in [0.1, 0.15) is 42.0 Å². The molecule has 1 aliphatic carbocycles. The minimum atomic E-state index is 1.07. The minimum Gasteiger partial charge on any atom is -0.0984 e. The maximum Gasteiger partial charge on any atom is -0.00300 e. The van der Waals surface area contributed by atoms with Gasteiger partial charge in [0.1, 0.15) is 0 Å². The van der Waals surface area contributed by atoms with Crippen molar-refractivity contribution in [3.63, 3.8) is 0 Å². The average molecular weight is 477 g/mol. The lowest BCUT2D eigenvalue weighted by Gasteiger charge is -2.19. The maximum atomic E-state index is 4.14. The first-order valence-electron chi connectivity index (χ1n) is 13.4. The zero-order valence-corrected chi connectivity index (χ0v) is 21.5. The van der Waals surface area contributed by atoms with Gasteiger partial charge in [-0.15, -0.1) is 0 Å². The predicted octanol–water partition coefficient (Wildman–Crippen LogP) is 10.4. The summed E-state index contributed by atoms with van der Waals surface area (Å²) in [6, 6.07) is 35.9. The largest absolute Gasteiger partial charge is 0.0984 e. The molecule has 0 amide bonds. The SMILES string of the molecule is C=Cc1c(CCC)cccc1-c1cccc(-c2cccc(-c3c4c(cc5ccccc35)CCC=C4)c2)c1. The highest BCUT2D eigenvalue weighted by molar-refractivity contribution is 6.02. The van der Waals surface area contributed by atoms with E-state index in [1.54, 1.807) is 0 Å². The highest BCUT2D eigenvalue weighted by Crippen LogP contribution is 2.39. The molecule has 0 saturated carbocycles. The molecule has 6 rings (SSSR count). The summed E-state index contributed by atoms with van der Waals surface area (Å²) in [6.45, 7) is 6.37. The normalized spacial score (nSPS) is 12.5. The number of hydrogen-bond acceptors (Lipinski definition) is 0. The smallest absolute Gasteiger partial charge is 0.00300 e. The highest BCUT2D eigenvalue weighted by atomic mass is 14.2. The van der Waals surface area contributed by atoms with Crippen molar-refractivity contribution in [3.8, 4) is 33.4 Å². The lowest BCUT2D eigenvalue weighted by atomic mass is 9.85. The first-order chi connectivity index (χ1) is 18.3. The van der Waals surface area contributed by atoms with E-state index in [-0.39, 0.29) is 0 Å². The quantitative estimate of drug-likeness (QED) is 0.229. The molecule has 0 spiro atoms. The van der Waals surface area contributed by atoms with Crippen LogP contribution in [0.4, 0.5) is 0 Å². The molecule has 0 bridgehead atoms. The van der Waals surface area contributed by atoms with E-state index < -0.39 is 0 Å². The summed E-state index contributed by atoms with van der Waals surface area (Å²) in [7, 11) is 0. The molecule has 180 valence electrons. The molecular weight excluding hydrogens is 444 g/mol. The van der Waals surface area contributed by atoms with E-state index >= 15 is 0 Å². The van der Waals surface area contributed by atoms with E-state index in [1.807, 2.05) is 6.08 Å². The fraction of sp³-hybridized carbons (Fsp3) is 0.135. The molecule has 0 saturated heterocycles. The number of aryl methyl sites for hydroxylation is 2. The molecule has 0 atom stereocenters. The Morgan fingerprint density at radius 2 is 1.49 bits per heavy atom. The fourth-order valence-corrected chi connectivity index (χ4v) is 5.88. The van der Waals surface area contributed by atoms with E-state index in [2.05, 4.69) is 123 Å². The van der Waals surface area contributed by atoms with Gasteiger partial charge in [-0.3, -0.25) is 0 Å². The van der Waals surface area contributed by atoms with Crippen molar-refractivity contribution in [1.82, 2.24) is 0 Å². The van der Waals surface area contributed by atoms with Gasteiger partial charge in [0.2, 0.25) is 0 Å². The summed E-state index contributed by atoms with van der Waals surface area (Å²) in [5.41, 5.74) is 13.0. The summed E-state index contributed by atoms with van der Waals surface area (Å²) < 4.78 is 0. The molecule has 0 heterocycles. The number of allylic oxidation sites excluding steroid dienone is 1. The molecule has 0 N–H and O–H groups in total. The van der Waals surface area contributed by atoms with Crippen LogP contribution in [-0.4, -0.2) is 0 Å². The topological polar surface area (TPSA) is 0 Å². The van der Waals surface area contributed by atoms with Crippen LogP contribution < -0.4 is 0 Å². The van der Waals surface area contributed by atoms with Gasteiger partial charge in [-0.2, -0.15) is 0 Å². The summed E-state index contributed by atoms with van der Waals surface area (Å²) in [5, 5.41) is 2.64. The van der Waals surface area contributed by atoms with Gasteiger partial charge >= 0.3 is 0 Å². The van der Waals surface area contributed by atoms with Crippen LogP contribution in [0.5, 0.6) is 0 Å². The van der Waals surface area contributed by atoms with E-state index in [0.29, 0.717) is 0 Å². The minimum absolute atomic E-state index is 1.07. The number of benzene rings is 5. The Balaban J connectivity index is 1.48. The van der Waals surface area contributed by atoms with Gasteiger partial charge < -0.3 is 0 Å². The van der Waals surface area contributed by atoms with Gasteiger partial charge in [0.05, 0.1) is 0 Å².